The highest BCUT2D eigenvalue weighted by Gasteiger charge is 2.27. The van der Waals surface area contributed by atoms with Crippen molar-refractivity contribution in [2.45, 2.75) is 11.4 Å². The Morgan fingerprint density at radius 3 is 2.38 bits per heavy atom. The van der Waals surface area contributed by atoms with Crippen molar-refractivity contribution in [2.75, 3.05) is 6.54 Å². The zero-order valence-corrected chi connectivity index (χ0v) is 19.8. The fourth-order valence-corrected chi connectivity index (χ4v) is 4.57. The molecule has 3 aromatic rings. The summed E-state index contributed by atoms with van der Waals surface area (Å²) in [6, 6.07) is 19.2. The molecule has 0 bridgehead atoms. The van der Waals surface area contributed by atoms with Crippen LogP contribution < -0.4 is 5.43 Å². The number of carbonyl (C=O) groups excluding carboxylic acids is 1. The van der Waals surface area contributed by atoms with E-state index in [4.69, 9.17) is 11.6 Å². The molecule has 0 aliphatic heterocycles. The van der Waals surface area contributed by atoms with Crippen LogP contribution in [0.2, 0.25) is 5.02 Å². The van der Waals surface area contributed by atoms with E-state index in [-0.39, 0.29) is 17.2 Å². The van der Waals surface area contributed by atoms with Gasteiger partial charge in [-0.1, -0.05) is 45.7 Å². The molecule has 0 saturated carbocycles. The average molecular weight is 537 g/mol. The minimum absolute atomic E-state index is 0.0492. The first-order valence-corrected chi connectivity index (χ1v) is 12.0. The van der Waals surface area contributed by atoms with E-state index in [2.05, 4.69) is 26.5 Å². The summed E-state index contributed by atoms with van der Waals surface area (Å²) in [5.74, 6) is -0.507. The minimum Gasteiger partial charge on any atom is -0.508 e. The van der Waals surface area contributed by atoms with Gasteiger partial charge in [0.1, 0.15) is 5.75 Å². The normalized spacial score (nSPS) is 11.7. The standard InChI is InChI=1S/C22H19BrClN3O4S/c23-18-7-11-20(12-8-18)32(30,31)27(14-17-3-1-2-4-21(17)24)15-22(29)26-25-13-16-5-9-19(28)10-6-16/h1-13,28H,14-15H2,(H,26,29)/b25-13+. The van der Waals surface area contributed by atoms with Crippen molar-refractivity contribution in [1.82, 2.24) is 9.73 Å². The minimum atomic E-state index is -4.00. The van der Waals surface area contributed by atoms with Gasteiger partial charge in [0.15, 0.2) is 0 Å². The third-order valence-electron chi connectivity index (χ3n) is 4.37. The summed E-state index contributed by atoms with van der Waals surface area (Å²) in [5, 5.41) is 13.6. The Hall–Kier alpha value is -2.72. The third-order valence-corrected chi connectivity index (χ3v) is 7.08. The monoisotopic (exact) mass is 535 g/mol. The number of sulfonamides is 1. The van der Waals surface area contributed by atoms with Crippen LogP contribution in [0.25, 0.3) is 0 Å². The van der Waals surface area contributed by atoms with Crippen LogP contribution in [0.15, 0.2) is 87.3 Å². The number of hydrogen-bond donors (Lipinski definition) is 2. The van der Waals surface area contributed by atoms with Gasteiger partial charge < -0.3 is 5.11 Å². The lowest BCUT2D eigenvalue weighted by atomic mass is 10.2. The number of phenols is 1. The van der Waals surface area contributed by atoms with Crippen LogP contribution in [0.3, 0.4) is 0 Å². The number of benzene rings is 3. The summed E-state index contributed by atoms with van der Waals surface area (Å²) >= 11 is 9.50. The molecule has 10 heteroatoms. The van der Waals surface area contributed by atoms with Crippen LogP contribution in [0.5, 0.6) is 5.75 Å². The van der Waals surface area contributed by atoms with E-state index >= 15 is 0 Å². The predicted molar refractivity (Wildman–Crippen MR) is 127 cm³/mol. The molecule has 166 valence electrons. The zero-order valence-electron chi connectivity index (χ0n) is 16.7. The molecular formula is C22H19BrClN3O4S. The second-order valence-electron chi connectivity index (χ2n) is 6.70. The largest absolute Gasteiger partial charge is 0.508 e. The van der Waals surface area contributed by atoms with Crippen molar-refractivity contribution in [2.24, 2.45) is 5.10 Å². The number of nitrogens with zero attached hydrogens (tertiary/aromatic N) is 2. The Labute approximate surface area is 199 Å². The van der Waals surface area contributed by atoms with Crippen molar-refractivity contribution in [3.63, 3.8) is 0 Å². The molecule has 32 heavy (non-hydrogen) atoms. The summed E-state index contributed by atoms with van der Waals surface area (Å²) in [6.07, 6.45) is 1.39. The number of hydrazone groups is 1. The highest BCUT2D eigenvalue weighted by molar-refractivity contribution is 9.10. The maximum absolute atomic E-state index is 13.2. The van der Waals surface area contributed by atoms with Crippen LogP contribution >= 0.6 is 27.5 Å². The summed E-state index contributed by atoms with van der Waals surface area (Å²) in [6.45, 7) is -0.552. The van der Waals surface area contributed by atoms with Gasteiger partial charge in [-0.3, -0.25) is 4.79 Å². The summed E-state index contributed by atoms with van der Waals surface area (Å²) in [4.78, 5) is 12.5. The number of carbonyl (C=O) groups is 1. The van der Waals surface area contributed by atoms with Gasteiger partial charge in [-0.05, 0) is 65.7 Å². The van der Waals surface area contributed by atoms with Gasteiger partial charge in [-0.15, -0.1) is 0 Å². The Morgan fingerprint density at radius 1 is 1.06 bits per heavy atom. The van der Waals surface area contributed by atoms with E-state index < -0.39 is 22.5 Å². The molecule has 2 N–H and O–H groups in total. The SMILES string of the molecule is O=C(CN(Cc1ccccc1Cl)S(=O)(=O)c1ccc(Br)cc1)N/N=C/c1ccc(O)cc1. The van der Waals surface area contributed by atoms with Gasteiger partial charge in [0, 0.05) is 16.0 Å². The number of nitrogens with one attached hydrogen (secondary N) is 1. The topological polar surface area (TPSA) is 99.1 Å². The molecule has 0 aliphatic rings. The van der Waals surface area contributed by atoms with E-state index in [1.807, 2.05) is 0 Å². The van der Waals surface area contributed by atoms with Gasteiger partial charge in [0.05, 0.1) is 17.7 Å². The summed E-state index contributed by atoms with van der Waals surface area (Å²) in [7, 11) is -4.00. The van der Waals surface area contributed by atoms with Gasteiger partial charge in [-0.2, -0.15) is 9.41 Å². The van der Waals surface area contributed by atoms with Crippen molar-refractivity contribution in [1.29, 1.82) is 0 Å². The molecule has 0 spiro atoms. The molecule has 0 radical (unpaired) electrons. The second kappa shape index (κ2) is 10.7. The second-order valence-corrected chi connectivity index (χ2v) is 9.96. The number of aromatic hydroxyl groups is 1. The number of amides is 1. The number of hydrogen-bond acceptors (Lipinski definition) is 5. The Morgan fingerprint density at radius 2 is 1.72 bits per heavy atom. The molecule has 0 unspecified atom stereocenters. The molecule has 0 fully saturated rings. The molecule has 1 amide bonds. The average Bonchev–Trinajstić information content (AvgIpc) is 2.76. The molecule has 3 rings (SSSR count). The fraction of sp³-hybridized carbons (Fsp3) is 0.0909. The first-order valence-electron chi connectivity index (χ1n) is 9.36. The lowest BCUT2D eigenvalue weighted by Crippen LogP contribution is -2.39. The van der Waals surface area contributed by atoms with Crippen molar-refractivity contribution >= 4 is 49.7 Å². The number of rotatable bonds is 8. The quantitative estimate of drug-likeness (QED) is 0.334. The molecular weight excluding hydrogens is 518 g/mol. The lowest BCUT2D eigenvalue weighted by Gasteiger charge is -2.22. The predicted octanol–water partition coefficient (Wildman–Crippen LogP) is 4.15. The highest BCUT2D eigenvalue weighted by atomic mass is 79.9. The van der Waals surface area contributed by atoms with Gasteiger partial charge in [0.2, 0.25) is 10.0 Å². The van der Waals surface area contributed by atoms with Crippen LogP contribution in [0, 0.1) is 0 Å². The van der Waals surface area contributed by atoms with E-state index in [0.29, 0.717) is 16.1 Å². The van der Waals surface area contributed by atoms with E-state index in [9.17, 15) is 18.3 Å². The fourth-order valence-electron chi connectivity index (χ4n) is 2.73. The van der Waals surface area contributed by atoms with E-state index in [1.165, 1.54) is 30.5 Å². The third kappa shape index (κ3) is 6.39. The maximum atomic E-state index is 13.2. The molecule has 0 aromatic heterocycles. The van der Waals surface area contributed by atoms with Crippen molar-refractivity contribution < 1.29 is 18.3 Å². The molecule has 0 atom stereocenters. The molecule has 7 nitrogen and oxygen atoms in total. The Bertz CT molecular complexity index is 1220. The van der Waals surface area contributed by atoms with Crippen molar-refractivity contribution in [3.05, 3.63) is 93.4 Å². The van der Waals surface area contributed by atoms with Crippen LogP contribution in [0.1, 0.15) is 11.1 Å². The van der Waals surface area contributed by atoms with Gasteiger partial charge >= 0.3 is 0 Å². The first-order chi connectivity index (χ1) is 15.3. The van der Waals surface area contributed by atoms with Gasteiger partial charge in [0.25, 0.3) is 5.91 Å². The zero-order chi connectivity index (χ0) is 23.1. The summed E-state index contributed by atoms with van der Waals surface area (Å²) < 4.78 is 28.3. The first kappa shape index (κ1) is 23.9. The maximum Gasteiger partial charge on any atom is 0.255 e. The molecule has 0 heterocycles. The van der Waals surface area contributed by atoms with Crippen LogP contribution in [-0.4, -0.2) is 36.5 Å². The smallest absolute Gasteiger partial charge is 0.255 e. The summed E-state index contributed by atoms with van der Waals surface area (Å²) in [5.41, 5.74) is 3.55. The van der Waals surface area contributed by atoms with Gasteiger partial charge in [-0.25, -0.2) is 13.8 Å². The Kier molecular flexibility index (Phi) is 8.03. The number of halogens is 2. The highest BCUT2D eigenvalue weighted by Crippen LogP contribution is 2.23. The van der Waals surface area contributed by atoms with E-state index in [0.717, 1.165) is 8.78 Å². The lowest BCUT2D eigenvalue weighted by molar-refractivity contribution is -0.121. The molecule has 3 aromatic carbocycles. The molecule has 0 saturated heterocycles. The van der Waals surface area contributed by atoms with Crippen molar-refractivity contribution in [3.8, 4) is 5.75 Å². The van der Waals surface area contributed by atoms with Crippen LogP contribution in [0.4, 0.5) is 0 Å². The molecule has 0 aliphatic carbocycles. The van der Waals surface area contributed by atoms with Crippen LogP contribution in [-0.2, 0) is 21.4 Å². The Balaban J connectivity index is 1.80. The van der Waals surface area contributed by atoms with E-state index in [1.54, 1.807) is 48.5 Å². The number of phenolic OH excluding ortho intramolecular Hbond substituents is 1.